The Balaban J connectivity index is 1.94. The van der Waals surface area contributed by atoms with E-state index in [1.807, 2.05) is 7.05 Å². The van der Waals surface area contributed by atoms with Gasteiger partial charge < -0.3 is 5.32 Å². The summed E-state index contributed by atoms with van der Waals surface area (Å²) in [6.45, 7) is 0.971. The summed E-state index contributed by atoms with van der Waals surface area (Å²) in [5.74, 6) is 0. The average Bonchev–Trinajstić information content (AvgIpc) is 2.59. The van der Waals surface area contributed by atoms with E-state index < -0.39 is 0 Å². The van der Waals surface area contributed by atoms with Crippen LogP contribution < -0.4 is 5.32 Å². The summed E-state index contributed by atoms with van der Waals surface area (Å²) in [5, 5.41) is 4.06. The molecule has 0 bridgehead atoms. The van der Waals surface area contributed by atoms with Crippen molar-refractivity contribution in [1.82, 2.24) is 5.32 Å². The Labute approximate surface area is 109 Å². The highest BCUT2D eigenvalue weighted by Gasteiger charge is 2.13. The van der Waals surface area contributed by atoms with E-state index in [1.165, 1.54) is 49.0 Å². The maximum absolute atomic E-state index is 3.22. The van der Waals surface area contributed by atoms with Crippen LogP contribution in [0, 0.1) is 0 Å². The van der Waals surface area contributed by atoms with E-state index in [1.54, 1.807) is 0 Å². The molecule has 0 amide bonds. The Morgan fingerprint density at radius 2 is 1.94 bits per heavy atom. The van der Waals surface area contributed by atoms with Gasteiger partial charge in [-0.15, -0.1) is 11.8 Å². The van der Waals surface area contributed by atoms with Crippen LogP contribution in [0.4, 0.5) is 0 Å². The minimum absolute atomic E-state index is 0.849. The monoisotopic (exact) mass is 249 g/mol. The highest BCUT2D eigenvalue weighted by Crippen LogP contribution is 2.33. The molecule has 17 heavy (non-hydrogen) atoms. The predicted molar refractivity (Wildman–Crippen MR) is 76.6 cm³/mol. The smallest absolute Gasteiger partial charge is 0.0202 e. The molecule has 1 aliphatic carbocycles. The number of hydrogen-bond acceptors (Lipinski definition) is 2. The van der Waals surface area contributed by atoms with Crippen molar-refractivity contribution in [3.63, 3.8) is 0 Å². The zero-order chi connectivity index (χ0) is 11.9. The van der Waals surface area contributed by atoms with Crippen molar-refractivity contribution in [1.29, 1.82) is 0 Å². The highest BCUT2D eigenvalue weighted by molar-refractivity contribution is 8.00. The lowest BCUT2D eigenvalue weighted by Gasteiger charge is -2.14. The van der Waals surface area contributed by atoms with E-state index in [2.05, 4.69) is 41.3 Å². The van der Waals surface area contributed by atoms with E-state index in [0.717, 1.165) is 11.8 Å². The van der Waals surface area contributed by atoms with Gasteiger partial charge >= 0.3 is 0 Å². The summed E-state index contributed by atoms with van der Waals surface area (Å²) in [7, 11) is 2.01. The summed E-state index contributed by atoms with van der Waals surface area (Å²) < 4.78 is 0. The van der Waals surface area contributed by atoms with Gasteiger partial charge in [-0.1, -0.05) is 37.8 Å². The molecule has 2 heteroatoms. The molecule has 1 aliphatic rings. The van der Waals surface area contributed by atoms with Crippen LogP contribution in [0.2, 0.25) is 0 Å². The van der Waals surface area contributed by atoms with E-state index in [4.69, 9.17) is 0 Å². The largest absolute Gasteiger partial charge is 0.316 e. The van der Waals surface area contributed by atoms with Gasteiger partial charge in [-0.3, -0.25) is 0 Å². The Morgan fingerprint density at radius 1 is 1.18 bits per heavy atom. The lowest BCUT2D eigenvalue weighted by molar-refractivity contribution is 0.702. The van der Waals surface area contributed by atoms with Crippen LogP contribution >= 0.6 is 11.8 Å². The Hall–Kier alpha value is -0.470. The maximum atomic E-state index is 3.22. The molecule has 94 valence electrons. The standard InChI is InChI=1S/C15H23NS/c1-16-12-13-7-6-10-15(11-13)17-14-8-4-2-3-5-9-14/h6-7,10-11,14,16H,2-5,8-9,12H2,1H3. The first kappa shape index (κ1) is 13.0. The van der Waals surface area contributed by atoms with E-state index in [9.17, 15) is 0 Å². The normalized spacial score (nSPS) is 17.9. The van der Waals surface area contributed by atoms with Crippen molar-refractivity contribution < 1.29 is 0 Å². The van der Waals surface area contributed by atoms with Crippen LogP contribution in [0.15, 0.2) is 29.2 Å². The third-order valence-corrected chi connectivity index (χ3v) is 4.72. The molecule has 0 radical (unpaired) electrons. The first-order chi connectivity index (χ1) is 8.38. The third kappa shape index (κ3) is 4.36. The second-order valence-corrected chi connectivity index (χ2v) is 6.28. The first-order valence-corrected chi connectivity index (χ1v) is 7.66. The Kier molecular flexibility index (Phi) is 5.40. The van der Waals surface area contributed by atoms with Crippen LogP contribution in [0.1, 0.15) is 44.1 Å². The topological polar surface area (TPSA) is 12.0 Å². The molecule has 1 nitrogen and oxygen atoms in total. The fraction of sp³-hybridized carbons (Fsp3) is 0.600. The van der Waals surface area contributed by atoms with Crippen LogP contribution in [-0.2, 0) is 6.54 Å². The van der Waals surface area contributed by atoms with Gasteiger partial charge in [0.05, 0.1) is 0 Å². The molecule has 0 unspecified atom stereocenters. The van der Waals surface area contributed by atoms with E-state index in [0.29, 0.717) is 0 Å². The van der Waals surface area contributed by atoms with Crippen LogP contribution in [0.25, 0.3) is 0 Å². The molecule has 1 saturated carbocycles. The second kappa shape index (κ2) is 7.07. The number of thioether (sulfide) groups is 1. The van der Waals surface area contributed by atoms with Crippen LogP contribution in [0.3, 0.4) is 0 Å². The number of rotatable bonds is 4. The summed E-state index contributed by atoms with van der Waals surface area (Å²) in [4.78, 5) is 1.45. The molecular weight excluding hydrogens is 226 g/mol. The second-order valence-electron chi connectivity index (χ2n) is 4.91. The van der Waals surface area contributed by atoms with E-state index >= 15 is 0 Å². The van der Waals surface area contributed by atoms with Gasteiger partial charge in [0.25, 0.3) is 0 Å². The zero-order valence-electron chi connectivity index (χ0n) is 10.7. The lowest BCUT2D eigenvalue weighted by atomic mass is 10.2. The minimum atomic E-state index is 0.849. The average molecular weight is 249 g/mol. The zero-order valence-corrected chi connectivity index (χ0v) is 11.6. The lowest BCUT2D eigenvalue weighted by Crippen LogP contribution is -2.05. The molecule has 0 atom stereocenters. The van der Waals surface area contributed by atoms with Gasteiger partial charge in [0.1, 0.15) is 0 Å². The van der Waals surface area contributed by atoms with Crippen molar-refractivity contribution in [2.45, 2.75) is 55.2 Å². The molecule has 0 spiro atoms. The Morgan fingerprint density at radius 3 is 2.65 bits per heavy atom. The van der Waals surface area contributed by atoms with Crippen molar-refractivity contribution >= 4 is 11.8 Å². The van der Waals surface area contributed by atoms with Gasteiger partial charge in [-0.2, -0.15) is 0 Å². The highest BCUT2D eigenvalue weighted by atomic mass is 32.2. The molecule has 1 aromatic carbocycles. The third-order valence-electron chi connectivity index (χ3n) is 3.38. The first-order valence-electron chi connectivity index (χ1n) is 6.78. The molecule has 1 N–H and O–H groups in total. The Bertz CT molecular complexity index is 329. The maximum Gasteiger partial charge on any atom is 0.0202 e. The van der Waals surface area contributed by atoms with Crippen molar-refractivity contribution in [3.8, 4) is 0 Å². The molecular formula is C15H23NS. The van der Waals surface area contributed by atoms with Gasteiger partial charge in [-0.05, 0) is 37.6 Å². The number of nitrogens with one attached hydrogen (secondary N) is 1. The molecule has 0 heterocycles. The summed E-state index contributed by atoms with van der Waals surface area (Å²) in [6.07, 6.45) is 8.54. The summed E-state index contributed by atoms with van der Waals surface area (Å²) in [5.41, 5.74) is 1.39. The molecule has 1 aromatic rings. The predicted octanol–water partition coefficient (Wildman–Crippen LogP) is 4.22. The minimum Gasteiger partial charge on any atom is -0.316 e. The van der Waals surface area contributed by atoms with Gasteiger partial charge in [-0.25, -0.2) is 0 Å². The van der Waals surface area contributed by atoms with Crippen molar-refractivity contribution in [3.05, 3.63) is 29.8 Å². The van der Waals surface area contributed by atoms with Crippen molar-refractivity contribution in [2.75, 3.05) is 7.05 Å². The SMILES string of the molecule is CNCc1cccc(SC2CCCCCC2)c1. The summed E-state index contributed by atoms with van der Waals surface area (Å²) in [6, 6.07) is 8.99. The molecule has 0 aliphatic heterocycles. The van der Waals surface area contributed by atoms with E-state index in [-0.39, 0.29) is 0 Å². The van der Waals surface area contributed by atoms with Gasteiger partial charge in [0, 0.05) is 16.7 Å². The van der Waals surface area contributed by atoms with Gasteiger partial charge in [0.15, 0.2) is 0 Å². The molecule has 0 aromatic heterocycles. The van der Waals surface area contributed by atoms with Crippen LogP contribution in [-0.4, -0.2) is 12.3 Å². The van der Waals surface area contributed by atoms with Crippen LogP contribution in [0.5, 0.6) is 0 Å². The molecule has 1 fully saturated rings. The quantitative estimate of drug-likeness (QED) is 0.802. The number of hydrogen-bond donors (Lipinski definition) is 1. The molecule has 2 rings (SSSR count). The fourth-order valence-electron chi connectivity index (χ4n) is 2.49. The van der Waals surface area contributed by atoms with Crippen molar-refractivity contribution in [2.24, 2.45) is 0 Å². The van der Waals surface area contributed by atoms with Gasteiger partial charge in [0.2, 0.25) is 0 Å². The molecule has 0 saturated heterocycles. The number of benzene rings is 1. The fourth-order valence-corrected chi connectivity index (χ4v) is 3.82. The summed E-state index contributed by atoms with van der Waals surface area (Å²) >= 11 is 2.09.